The number of halogens is 2. The number of benzene rings is 1. The molecule has 1 heterocycles. The molecule has 124 valence electrons. The Morgan fingerprint density at radius 3 is 3.00 bits per heavy atom. The van der Waals surface area contributed by atoms with Gasteiger partial charge in [-0.05, 0) is 12.1 Å². The molecular formula is C14H15Cl2N3O3S. The molecule has 0 bridgehead atoms. The van der Waals surface area contributed by atoms with Gasteiger partial charge in [-0.25, -0.2) is 0 Å². The van der Waals surface area contributed by atoms with Crippen LogP contribution < -0.4 is 10.6 Å². The van der Waals surface area contributed by atoms with Crippen molar-refractivity contribution in [2.24, 2.45) is 4.99 Å². The number of amidine groups is 1. The van der Waals surface area contributed by atoms with Gasteiger partial charge in [-0.1, -0.05) is 41.0 Å². The van der Waals surface area contributed by atoms with Crippen LogP contribution >= 0.6 is 35.0 Å². The summed E-state index contributed by atoms with van der Waals surface area (Å²) in [6.45, 7) is 0.925. The Morgan fingerprint density at radius 2 is 2.26 bits per heavy atom. The third-order valence-electron chi connectivity index (χ3n) is 2.92. The number of nitrogens with zero attached hydrogens (tertiary/aromatic N) is 1. The maximum Gasteiger partial charge on any atom is 0.240 e. The average molecular weight is 376 g/mol. The molecule has 2 N–H and O–H groups in total. The lowest BCUT2D eigenvalue weighted by atomic mass is 10.2. The van der Waals surface area contributed by atoms with Crippen molar-refractivity contribution in [1.82, 2.24) is 5.32 Å². The number of methoxy groups -OCH3 is 1. The Labute approximate surface area is 148 Å². The van der Waals surface area contributed by atoms with Gasteiger partial charge in [-0.2, -0.15) is 0 Å². The van der Waals surface area contributed by atoms with Crippen molar-refractivity contribution in [3.63, 3.8) is 0 Å². The van der Waals surface area contributed by atoms with Crippen LogP contribution in [0.5, 0.6) is 0 Å². The van der Waals surface area contributed by atoms with Crippen LogP contribution in [0.3, 0.4) is 0 Å². The highest BCUT2D eigenvalue weighted by atomic mass is 35.5. The molecule has 0 saturated carbocycles. The van der Waals surface area contributed by atoms with E-state index in [1.54, 1.807) is 25.3 Å². The Kier molecular flexibility index (Phi) is 6.71. The molecule has 0 unspecified atom stereocenters. The Bertz CT molecular complexity index is 640. The summed E-state index contributed by atoms with van der Waals surface area (Å²) in [7, 11) is 1.58. The van der Waals surface area contributed by atoms with E-state index in [0.717, 1.165) is 0 Å². The minimum atomic E-state index is -0.519. The minimum Gasteiger partial charge on any atom is -0.383 e. The van der Waals surface area contributed by atoms with Crippen LogP contribution in [0.25, 0.3) is 0 Å². The first-order chi connectivity index (χ1) is 11.0. The number of aliphatic imine (C=N–C) groups is 1. The molecule has 6 nitrogen and oxygen atoms in total. The van der Waals surface area contributed by atoms with E-state index >= 15 is 0 Å². The first-order valence-corrected chi connectivity index (χ1v) is 8.39. The molecule has 2 amide bonds. The lowest BCUT2D eigenvalue weighted by Gasteiger charge is -2.09. The van der Waals surface area contributed by atoms with Crippen LogP contribution in [0, 0.1) is 0 Å². The SMILES string of the molecule is COCCN=C1NC(=O)[C@@H](CC(=O)Nc2cccc(Cl)c2Cl)S1. The largest absolute Gasteiger partial charge is 0.383 e. The molecule has 0 aliphatic carbocycles. The van der Waals surface area contributed by atoms with Gasteiger partial charge < -0.3 is 15.4 Å². The molecule has 0 aromatic heterocycles. The maximum atomic E-state index is 12.1. The Hall–Kier alpha value is -1.28. The van der Waals surface area contributed by atoms with Crippen molar-refractivity contribution >= 4 is 57.6 Å². The predicted molar refractivity (Wildman–Crippen MR) is 93.4 cm³/mol. The third kappa shape index (κ3) is 5.10. The van der Waals surface area contributed by atoms with Crippen molar-refractivity contribution in [2.75, 3.05) is 25.6 Å². The summed E-state index contributed by atoms with van der Waals surface area (Å²) in [5.74, 6) is -0.557. The number of anilines is 1. The lowest BCUT2D eigenvalue weighted by Crippen LogP contribution is -2.28. The van der Waals surface area contributed by atoms with E-state index in [4.69, 9.17) is 27.9 Å². The molecule has 1 aliphatic rings. The molecule has 0 radical (unpaired) electrons. The van der Waals surface area contributed by atoms with Crippen LogP contribution in [0.4, 0.5) is 5.69 Å². The quantitative estimate of drug-likeness (QED) is 0.748. The van der Waals surface area contributed by atoms with Crippen LogP contribution in [-0.4, -0.2) is 42.5 Å². The number of hydrogen-bond donors (Lipinski definition) is 2. The summed E-state index contributed by atoms with van der Waals surface area (Å²) in [4.78, 5) is 28.1. The molecule has 1 saturated heterocycles. The first-order valence-electron chi connectivity index (χ1n) is 6.76. The van der Waals surface area contributed by atoms with Crippen LogP contribution in [0.15, 0.2) is 23.2 Å². The molecule has 1 aromatic rings. The van der Waals surface area contributed by atoms with Crippen molar-refractivity contribution < 1.29 is 14.3 Å². The monoisotopic (exact) mass is 375 g/mol. The highest BCUT2D eigenvalue weighted by Crippen LogP contribution is 2.30. The standard InChI is InChI=1S/C14H15Cl2N3O3S/c1-22-6-5-17-14-19-13(21)10(23-14)7-11(20)18-9-4-2-3-8(15)12(9)16/h2-4,10H,5-7H2,1H3,(H,18,20)(H,17,19,21)/t10-/m1/s1. The molecule has 1 aromatic carbocycles. The third-order valence-corrected chi connectivity index (χ3v) is 4.86. The number of thioether (sulfide) groups is 1. The minimum absolute atomic E-state index is 0.0165. The number of nitrogens with one attached hydrogen (secondary N) is 2. The highest BCUT2D eigenvalue weighted by molar-refractivity contribution is 8.15. The zero-order valence-corrected chi connectivity index (χ0v) is 14.6. The predicted octanol–water partition coefficient (Wildman–Crippen LogP) is 2.56. The zero-order chi connectivity index (χ0) is 16.8. The van der Waals surface area contributed by atoms with Crippen molar-refractivity contribution in [3.8, 4) is 0 Å². The van der Waals surface area contributed by atoms with Crippen molar-refractivity contribution in [2.45, 2.75) is 11.7 Å². The van der Waals surface area contributed by atoms with Gasteiger partial charge in [0.2, 0.25) is 11.8 Å². The average Bonchev–Trinajstić information content (AvgIpc) is 2.84. The molecule has 2 rings (SSSR count). The summed E-state index contributed by atoms with van der Waals surface area (Å²) >= 11 is 13.1. The fraction of sp³-hybridized carbons (Fsp3) is 0.357. The fourth-order valence-electron chi connectivity index (χ4n) is 1.82. The van der Waals surface area contributed by atoms with Gasteiger partial charge in [0.1, 0.15) is 5.25 Å². The van der Waals surface area contributed by atoms with E-state index in [1.807, 2.05) is 0 Å². The molecule has 23 heavy (non-hydrogen) atoms. The molecule has 1 atom stereocenters. The van der Waals surface area contributed by atoms with Gasteiger partial charge in [-0.3, -0.25) is 14.6 Å². The molecule has 1 fully saturated rings. The number of carbonyl (C=O) groups is 2. The number of hydrogen-bond acceptors (Lipinski definition) is 5. The number of ether oxygens (including phenoxy) is 1. The Balaban J connectivity index is 1.91. The second-order valence-electron chi connectivity index (χ2n) is 4.63. The summed E-state index contributed by atoms with van der Waals surface area (Å²) in [5, 5.41) is 5.91. The fourth-order valence-corrected chi connectivity index (χ4v) is 3.17. The van der Waals surface area contributed by atoms with Gasteiger partial charge in [0.15, 0.2) is 5.17 Å². The van der Waals surface area contributed by atoms with Gasteiger partial charge in [0.05, 0.1) is 28.9 Å². The molecule has 9 heteroatoms. The van der Waals surface area contributed by atoms with E-state index in [2.05, 4.69) is 15.6 Å². The zero-order valence-electron chi connectivity index (χ0n) is 12.3. The number of carbonyl (C=O) groups excluding carboxylic acids is 2. The topological polar surface area (TPSA) is 79.8 Å². The highest BCUT2D eigenvalue weighted by Gasteiger charge is 2.32. The van der Waals surface area contributed by atoms with Crippen molar-refractivity contribution in [1.29, 1.82) is 0 Å². The van der Waals surface area contributed by atoms with Gasteiger partial charge in [0.25, 0.3) is 0 Å². The van der Waals surface area contributed by atoms with Gasteiger partial charge in [-0.15, -0.1) is 0 Å². The number of amides is 2. The van der Waals surface area contributed by atoms with Gasteiger partial charge in [0, 0.05) is 13.5 Å². The van der Waals surface area contributed by atoms with Crippen molar-refractivity contribution in [3.05, 3.63) is 28.2 Å². The summed E-state index contributed by atoms with van der Waals surface area (Å²) in [6, 6.07) is 4.95. The first kappa shape index (κ1) is 18.1. The lowest BCUT2D eigenvalue weighted by molar-refractivity contribution is -0.122. The summed E-state index contributed by atoms with van der Waals surface area (Å²) in [6.07, 6.45) is 0.0165. The second kappa shape index (κ2) is 8.54. The second-order valence-corrected chi connectivity index (χ2v) is 6.61. The van der Waals surface area contributed by atoms with Crippen LogP contribution in [0.2, 0.25) is 10.0 Å². The van der Waals surface area contributed by atoms with E-state index in [9.17, 15) is 9.59 Å². The summed E-state index contributed by atoms with van der Waals surface area (Å²) in [5.41, 5.74) is 0.418. The van der Waals surface area contributed by atoms with E-state index in [0.29, 0.717) is 29.0 Å². The molecule has 0 spiro atoms. The van der Waals surface area contributed by atoms with E-state index in [1.165, 1.54) is 11.8 Å². The molecular weight excluding hydrogens is 361 g/mol. The van der Waals surface area contributed by atoms with E-state index < -0.39 is 5.25 Å². The van der Waals surface area contributed by atoms with Crippen LogP contribution in [0.1, 0.15) is 6.42 Å². The smallest absolute Gasteiger partial charge is 0.240 e. The van der Waals surface area contributed by atoms with Crippen LogP contribution in [-0.2, 0) is 14.3 Å². The molecule has 1 aliphatic heterocycles. The van der Waals surface area contributed by atoms with Gasteiger partial charge >= 0.3 is 0 Å². The van der Waals surface area contributed by atoms with E-state index in [-0.39, 0.29) is 23.3 Å². The number of rotatable bonds is 6. The normalized spacial score (nSPS) is 19.0. The Morgan fingerprint density at radius 1 is 1.48 bits per heavy atom. The maximum absolute atomic E-state index is 12.1. The summed E-state index contributed by atoms with van der Waals surface area (Å²) < 4.78 is 4.89.